The van der Waals surface area contributed by atoms with E-state index >= 15 is 0 Å². The molecule has 110 valence electrons. The minimum atomic E-state index is -0.262. The molecule has 1 amide bonds. The molecule has 0 spiro atoms. The summed E-state index contributed by atoms with van der Waals surface area (Å²) in [5, 5.41) is 5.89. The fourth-order valence-corrected chi connectivity index (χ4v) is 2.31. The maximum Gasteiger partial charge on any atom is 0.274 e. The lowest BCUT2D eigenvalue weighted by Gasteiger charge is -2.08. The number of benzene rings is 1. The predicted octanol–water partition coefficient (Wildman–Crippen LogP) is 3.62. The van der Waals surface area contributed by atoms with Gasteiger partial charge in [0.25, 0.3) is 5.91 Å². The van der Waals surface area contributed by atoms with Gasteiger partial charge in [0.05, 0.1) is 5.69 Å². The molecule has 21 heavy (non-hydrogen) atoms. The van der Waals surface area contributed by atoms with E-state index < -0.39 is 0 Å². The largest absolute Gasteiger partial charge is 0.354 e. The molecule has 2 rings (SSSR count). The maximum absolute atomic E-state index is 12.2. The van der Waals surface area contributed by atoms with Gasteiger partial charge in [0.15, 0.2) is 0 Å². The van der Waals surface area contributed by atoms with E-state index in [0.717, 1.165) is 23.0 Å². The van der Waals surface area contributed by atoms with Crippen molar-refractivity contribution in [3.63, 3.8) is 0 Å². The second-order valence-corrected chi connectivity index (χ2v) is 5.48. The molecule has 0 fully saturated rings. The lowest BCUT2D eigenvalue weighted by molar-refractivity contribution is 0.102. The van der Waals surface area contributed by atoms with Crippen LogP contribution in [0, 0.1) is 6.92 Å². The number of carbonyl (C=O) groups excluding carboxylic acids is 1. The first kappa shape index (κ1) is 15.4. The molecule has 1 aromatic carbocycles. The molecule has 0 aliphatic rings. The van der Waals surface area contributed by atoms with Crippen molar-refractivity contribution in [3.05, 3.63) is 46.2 Å². The Balaban J connectivity index is 2.12. The van der Waals surface area contributed by atoms with Crippen molar-refractivity contribution in [1.29, 1.82) is 0 Å². The van der Waals surface area contributed by atoms with Gasteiger partial charge in [-0.25, -0.2) is 9.97 Å². The summed E-state index contributed by atoms with van der Waals surface area (Å²) in [7, 11) is 0. The second-order valence-electron chi connectivity index (χ2n) is 4.63. The molecule has 5 nitrogen and oxygen atoms in total. The number of aromatic nitrogens is 2. The molecular weight excluding hydrogens is 332 g/mol. The SMILES string of the molecule is CCCNc1nccc(C(=O)Nc2ccc(C)cc2Br)n1. The second kappa shape index (κ2) is 7.17. The highest BCUT2D eigenvalue weighted by atomic mass is 79.9. The topological polar surface area (TPSA) is 66.9 Å². The Morgan fingerprint density at radius 3 is 2.86 bits per heavy atom. The van der Waals surface area contributed by atoms with E-state index in [1.807, 2.05) is 25.1 Å². The van der Waals surface area contributed by atoms with Gasteiger partial charge in [0.2, 0.25) is 5.95 Å². The summed E-state index contributed by atoms with van der Waals surface area (Å²) in [6, 6.07) is 7.34. The van der Waals surface area contributed by atoms with E-state index in [9.17, 15) is 4.79 Å². The van der Waals surface area contributed by atoms with Crippen LogP contribution < -0.4 is 10.6 Å². The Morgan fingerprint density at radius 1 is 1.33 bits per heavy atom. The monoisotopic (exact) mass is 348 g/mol. The third-order valence-corrected chi connectivity index (χ3v) is 3.45. The van der Waals surface area contributed by atoms with Crippen molar-refractivity contribution in [3.8, 4) is 0 Å². The third kappa shape index (κ3) is 4.26. The average Bonchev–Trinajstić information content (AvgIpc) is 2.48. The molecule has 1 aromatic heterocycles. The Hall–Kier alpha value is -1.95. The molecule has 0 saturated heterocycles. The molecule has 0 saturated carbocycles. The first-order chi connectivity index (χ1) is 10.1. The number of hydrogen-bond donors (Lipinski definition) is 2. The van der Waals surface area contributed by atoms with Crippen molar-refractivity contribution >= 4 is 33.5 Å². The van der Waals surface area contributed by atoms with E-state index in [1.165, 1.54) is 0 Å². The minimum Gasteiger partial charge on any atom is -0.354 e. The number of carbonyl (C=O) groups is 1. The molecule has 0 atom stereocenters. The van der Waals surface area contributed by atoms with Gasteiger partial charge in [0, 0.05) is 17.2 Å². The van der Waals surface area contributed by atoms with Crippen molar-refractivity contribution in [1.82, 2.24) is 9.97 Å². The highest BCUT2D eigenvalue weighted by molar-refractivity contribution is 9.10. The Morgan fingerprint density at radius 2 is 2.14 bits per heavy atom. The molecule has 0 aliphatic heterocycles. The van der Waals surface area contributed by atoms with Crippen molar-refractivity contribution in [2.24, 2.45) is 0 Å². The minimum absolute atomic E-state index is 0.262. The van der Waals surface area contributed by atoms with Gasteiger partial charge in [0.1, 0.15) is 5.69 Å². The molecular formula is C15H17BrN4O. The number of anilines is 2. The van der Waals surface area contributed by atoms with E-state index in [1.54, 1.807) is 12.3 Å². The van der Waals surface area contributed by atoms with Crippen LogP contribution in [0.25, 0.3) is 0 Å². The lowest BCUT2D eigenvalue weighted by atomic mass is 10.2. The van der Waals surface area contributed by atoms with E-state index in [-0.39, 0.29) is 5.91 Å². The number of rotatable bonds is 5. The molecule has 6 heteroatoms. The number of halogens is 1. The quantitative estimate of drug-likeness (QED) is 0.865. The Kier molecular flexibility index (Phi) is 5.27. The van der Waals surface area contributed by atoms with Gasteiger partial charge >= 0.3 is 0 Å². The summed E-state index contributed by atoms with van der Waals surface area (Å²) in [4.78, 5) is 20.5. The van der Waals surface area contributed by atoms with Crippen LogP contribution in [-0.4, -0.2) is 22.4 Å². The van der Waals surface area contributed by atoms with E-state index in [2.05, 4.69) is 43.5 Å². The smallest absolute Gasteiger partial charge is 0.274 e. The Bertz CT molecular complexity index is 645. The summed E-state index contributed by atoms with van der Waals surface area (Å²) >= 11 is 3.44. The fraction of sp³-hybridized carbons (Fsp3) is 0.267. The average molecular weight is 349 g/mol. The van der Waals surface area contributed by atoms with Crippen molar-refractivity contribution in [2.75, 3.05) is 17.2 Å². The standard InChI is InChI=1S/C15H17BrN4O/c1-3-7-17-15-18-8-6-13(20-15)14(21)19-12-5-4-10(2)9-11(12)16/h4-6,8-9H,3,7H2,1-2H3,(H,19,21)(H,17,18,20). The van der Waals surface area contributed by atoms with E-state index in [0.29, 0.717) is 17.3 Å². The summed E-state index contributed by atoms with van der Waals surface area (Å²) < 4.78 is 0.842. The highest BCUT2D eigenvalue weighted by Crippen LogP contribution is 2.23. The zero-order chi connectivity index (χ0) is 15.2. The first-order valence-electron chi connectivity index (χ1n) is 6.74. The molecule has 2 aromatic rings. The van der Waals surface area contributed by atoms with Crippen molar-refractivity contribution < 1.29 is 4.79 Å². The Labute approximate surface area is 132 Å². The number of nitrogens with one attached hydrogen (secondary N) is 2. The predicted molar refractivity (Wildman–Crippen MR) is 87.6 cm³/mol. The van der Waals surface area contributed by atoms with Crippen LogP contribution in [-0.2, 0) is 0 Å². The molecule has 0 bridgehead atoms. The van der Waals surface area contributed by atoms with Crippen LogP contribution in [0.1, 0.15) is 29.4 Å². The molecule has 0 radical (unpaired) electrons. The van der Waals surface area contributed by atoms with Crippen LogP contribution in [0.2, 0.25) is 0 Å². The number of aryl methyl sites for hydroxylation is 1. The summed E-state index contributed by atoms with van der Waals surface area (Å²) in [6.45, 7) is 4.82. The van der Waals surface area contributed by atoms with Gasteiger partial charge in [-0.2, -0.15) is 0 Å². The number of nitrogens with zero attached hydrogens (tertiary/aromatic N) is 2. The maximum atomic E-state index is 12.2. The van der Waals surface area contributed by atoms with Crippen molar-refractivity contribution in [2.45, 2.75) is 20.3 Å². The highest BCUT2D eigenvalue weighted by Gasteiger charge is 2.10. The van der Waals surface area contributed by atoms with Gasteiger partial charge in [-0.05, 0) is 53.0 Å². The van der Waals surface area contributed by atoms with Gasteiger partial charge in [-0.15, -0.1) is 0 Å². The van der Waals surface area contributed by atoms with Crippen LogP contribution in [0.15, 0.2) is 34.9 Å². The zero-order valence-electron chi connectivity index (χ0n) is 12.0. The molecule has 0 aliphatic carbocycles. The molecule has 1 heterocycles. The van der Waals surface area contributed by atoms with Crippen LogP contribution in [0.4, 0.5) is 11.6 Å². The molecule has 2 N–H and O–H groups in total. The van der Waals surface area contributed by atoms with Gasteiger partial charge < -0.3 is 10.6 Å². The lowest BCUT2D eigenvalue weighted by Crippen LogP contribution is -2.15. The van der Waals surface area contributed by atoms with Crippen LogP contribution >= 0.6 is 15.9 Å². The fourth-order valence-electron chi connectivity index (χ4n) is 1.71. The normalized spacial score (nSPS) is 10.2. The number of hydrogen-bond acceptors (Lipinski definition) is 4. The van der Waals surface area contributed by atoms with Gasteiger partial charge in [-0.1, -0.05) is 13.0 Å². The third-order valence-electron chi connectivity index (χ3n) is 2.79. The zero-order valence-corrected chi connectivity index (χ0v) is 13.6. The van der Waals surface area contributed by atoms with Gasteiger partial charge in [-0.3, -0.25) is 4.79 Å². The summed E-state index contributed by atoms with van der Waals surface area (Å²) in [6.07, 6.45) is 2.54. The van der Waals surface area contributed by atoms with Crippen LogP contribution in [0.5, 0.6) is 0 Å². The van der Waals surface area contributed by atoms with E-state index in [4.69, 9.17) is 0 Å². The van der Waals surface area contributed by atoms with Crippen LogP contribution in [0.3, 0.4) is 0 Å². The summed E-state index contributed by atoms with van der Waals surface area (Å²) in [5.41, 5.74) is 2.16. The first-order valence-corrected chi connectivity index (χ1v) is 7.54. The molecule has 0 unspecified atom stereocenters. The number of amides is 1. The summed E-state index contributed by atoms with van der Waals surface area (Å²) in [5.74, 6) is 0.203.